The lowest BCUT2D eigenvalue weighted by Crippen LogP contribution is -2.36. The van der Waals surface area contributed by atoms with Crippen molar-refractivity contribution in [2.45, 2.75) is 58.4 Å². The van der Waals surface area contributed by atoms with Gasteiger partial charge in [0.05, 0.1) is 13.2 Å². The summed E-state index contributed by atoms with van der Waals surface area (Å²) in [6.45, 7) is 5.08. The van der Waals surface area contributed by atoms with Crippen LogP contribution in [0.4, 0.5) is 0 Å². The smallest absolute Gasteiger partial charge is 0.262 e. The molecule has 26 heavy (non-hydrogen) atoms. The summed E-state index contributed by atoms with van der Waals surface area (Å²) in [5, 5.41) is 12.4. The van der Waals surface area contributed by atoms with Crippen LogP contribution in [0.1, 0.15) is 57.9 Å². The quantitative estimate of drug-likeness (QED) is 0.559. The number of amides is 1. The van der Waals surface area contributed by atoms with Crippen molar-refractivity contribution in [2.75, 3.05) is 13.2 Å². The molecule has 0 aliphatic heterocycles. The lowest BCUT2D eigenvalue weighted by Gasteiger charge is -2.22. The largest absolute Gasteiger partial charge is 0.490 e. The van der Waals surface area contributed by atoms with Crippen LogP contribution in [0.5, 0.6) is 11.5 Å². The molecule has 0 spiro atoms. The van der Waals surface area contributed by atoms with Gasteiger partial charge in [-0.3, -0.25) is 4.79 Å². The maximum absolute atomic E-state index is 12.4. The van der Waals surface area contributed by atoms with E-state index in [0.717, 1.165) is 37.7 Å². The summed E-state index contributed by atoms with van der Waals surface area (Å²) in [6, 6.07) is 7.65. The first-order valence-corrected chi connectivity index (χ1v) is 9.50. The van der Waals surface area contributed by atoms with Gasteiger partial charge in [-0.25, -0.2) is 0 Å². The fourth-order valence-corrected chi connectivity index (χ4v) is 3.04. The molecule has 0 saturated heterocycles. The lowest BCUT2D eigenvalue weighted by molar-refractivity contribution is -0.117. The molecule has 1 aliphatic carbocycles. The number of nitrogens with zero attached hydrogens (tertiary/aromatic N) is 1. The van der Waals surface area contributed by atoms with Gasteiger partial charge >= 0.3 is 0 Å². The van der Waals surface area contributed by atoms with E-state index in [9.17, 15) is 10.1 Å². The summed E-state index contributed by atoms with van der Waals surface area (Å²) in [6.07, 6.45) is 7.98. The minimum Gasteiger partial charge on any atom is -0.490 e. The molecule has 2 rings (SSSR count). The number of nitrogens with one attached hydrogen (secondary N) is 1. The summed E-state index contributed by atoms with van der Waals surface area (Å²) >= 11 is 0. The highest BCUT2D eigenvalue weighted by Crippen LogP contribution is 2.29. The van der Waals surface area contributed by atoms with Crippen molar-refractivity contribution in [2.24, 2.45) is 0 Å². The fraction of sp³-hybridized carbons (Fsp3) is 0.524. The molecule has 1 N–H and O–H groups in total. The summed E-state index contributed by atoms with van der Waals surface area (Å²) in [5.74, 6) is 0.999. The third kappa shape index (κ3) is 5.80. The number of hydrogen-bond acceptors (Lipinski definition) is 4. The molecule has 1 amide bonds. The molecule has 1 aromatic rings. The van der Waals surface area contributed by atoms with Crippen LogP contribution in [0.2, 0.25) is 0 Å². The molecule has 140 valence electrons. The zero-order valence-electron chi connectivity index (χ0n) is 15.7. The Balaban J connectivity index is 2.14. The summed E-state index contributed by atoms with van der Waals surface area (Å²) < 4.78 is 11.3. The van der Waals surface area contributed by atoms with Crippen LogP contribution in [0, 0.1) is 11.3 Å². The molecule has 0 unspecified atom stereocenters. The Kier molecular flexibility index (Phi) is 8.01. The Morgan fingerprint density at radius 2 is 2.00 bits per heavy atom. The first-order chi connectivity index (χ1) is 12.7. The molecule has 1 fully saturated rings. The number of rotatable bonds is 8. The van der Waals surface area contributed by atoms with Crippen LogP contribution in [-0.2, 0) is 4.79 Å². The summed E-state index contributed by atoms with van der Waals surface area (Å²) in [7, 11) is 0. The van der Waals surface area contributed by atoms with Crippen LogP contribution in [0.15, 0.2) is 23.8 Å². The Morgan fingerprint density at radius 3 is 2.65 bits per heavy atom. The van der Waals surface area contributed by atoms with E-state index in [0.29, 0.717) is 24.7 Å². The SMILES string of the molecule is CCCOc1ccc(/C=C(/C#N)C(=O)NC2CCCCC2)cc1OCC. The van der Waals surface area contributed by atoms with Gasteiger partial charge in [-0.2, -0.15) is 5.26 Å². The van der Waals surface area contributed by atoms with Crippen LogP contribution in [0.3, 0.4) is 0 Å². The summed E-state index contributed by atoms with van der Waals surface area (Å²) in [5.41, 5.74) is 0.855. The van der Waals surface area contributed by atoms with Gasteiger partial charge in [0.25, 0.3) is 5.91 Å². The van der Waals surface area contributed by atoms with Crippen LogP contribution in [0.25, 0.3) is 6.08 Å². The Labute approximate surface area is 156 Å². The van der Waals surface area contributed by atoms with E-state index in [-0.39, 0.29) is 17.5 Å². The standard InChI is InChI=1S/C21H28N2O3/c1-3-12-26-19-11-10-16(14-20(19)25-4-2)13-17(15-22)21(24)23-18-8-6-5-7-9-18/h10-11,13-14,18H,3-9,12H2,1-2H3,(H,23,24)/b17-13-. The van der Waals surface area contributed by atoms with Gasteiger partial charge in [-0.05, 0) is 50.0 Å². The predicted octanol–water partition coefficient (Wildman–Crippen LogP) is 4.23. The number of ether oxygens (including phenoxy) is 2. The van der Waals surface area contributed by atoms with Gasteiger partial charge in [0.15, 0.2) is 11.5 Å². The Hall–Kier alpha value is -2.48. The van der Waals surface area contributed by atoms with Gasteiger partial charge in [-0.15, -0.1) is 0 Å². The van der Waals surface area contributed by atoms with E-state index < -0.39 is 0 Å². The highest BCUT2D eigenvalue weighted by Gasteiger charge is 2.18. The van der Waals surface area contributed by atoms with Gasteiger partial charge in [0, 0.05) is 6.04 Å². The van der Waals surface area contributed by atoms with Crippen molar-refractivity contribution in [1.29, 1.82) is 5.26 Å². The highest BCUT2D eigenvalue weighted by molar-refractivity contribution is 6.01. The van der Waals surface area contributed by atoms with Gasteiger partial charge in [0.1, 0.15) is 11.6 Å². The lowest BCUT2D eigenvalue weighted by atomic mass is 9.95. The second-order valence-corrected chi connectivity index (χ2v) is 6.47. The minimum atomic E-state index is -0.302. The average Bonchev–Trinajstić information content (AvgIpc) is 2.66. The summed E-state index contributed by atoms with van der Waals surface area (Å²) in [4.78, 5) is 12.4. The second kappa shape index (κ2) is 10.5. The first kappa shape index (κ1) is 19.8. The van der Waals surface area contributed by atoms with E-state index in [1.54, 1.807) is 12.1 Å². The number of carbonyl (C=O) groups excluding carboxylic acids is 1. The van der Waals surface area contributed by atoms with Crippen molar-refractivity contribution < 1.29 is 14.3 Å². The van der Waals surface area contributed by atoms with E-state index in [1.165, 1.54) is 6.42 Å². The maximum Gasteiger partial charge on any atom is 0.262 e. The monoisotopic (exact) mass is 356 g/mol. The van der Waals surface area contributed by atoms with E-state index in [2.05, 4.69) is 5.32 Å². The fourth-order valence-electron chi connectivity index (χ4n) is 3.04. The maximum atomic E-state index is 12.4. The van der Waals surface area contributed by atoms with Gasteiger partial charge in [0.2, 0.25) is 0 Å². The Bertz CT molecular complexity index is 670. The minimum absolute atomic E-state index is 0.111. The van der Waals surface area contributed by atoms with E-state index >= 15 is 0 Å². The zero-order valence-corrected chi connectivity index (χ0v) is 15.7. The normalized spacial score (nSPS) is 15.2. The topological polar surface area (TPSA) is 71.3 Å². The van der Waals surface area contributed by atoms with Crippen molar-refractivity contribution in [1.82, 2.24) is 5.32 Å². The number of nitriles is 1. The van der Waals surface area contributed by atoms with E-state index in [1.807, 2.05) is 32.0 Å². The first-order valence-electron chi connectivity index (χ1n) is 9.50. The molecule has 1 aromatic carbocycles. The molecule has 5 nitrogen and oxygen atoms in total. The molecule has 0 bridgehead atoms. The molecule has 0 aromatic heterocycles. The third-order valence-corrected chi connectivity index (χ3v) is 4.35. The van der Waals surface area contributed by atoms with Crippen LogP contribution >= 0.6 is 0 Å². The number of benzene rings is 1. The van der Waals surface area contributed by atoms with Gasteiger partial charge in [-0.1, -0.05) is 32.3 Å². The van der Waals surface area contributed by atoms with Crippen LogP contribution < -0.4 is 14.8 Å². The predicted molar refractivity (Wildman–Crippen MR) is 102 cm³/mol. The third-order valence-electron chi connectivity index (χ3n) is 4.35. The van der Waals surface area contributed by atoms with E-state index in [4.69, 9.17) is 9.47 Å². The van der Waals surface area contributed by atoms with Crippen LogP contribution in [-0.4, -0.2) is 25.2 Å². The molecule has 0 atom stereocenters. The molecule has 0 heterocycles. The van der Waals surface area contributed by atoms with Crippen molar-refractivity contribution in [3.8, 4) is 17.6 Å². The average molecular weight is 356 g/mol. The second-order valence-electron chi connectivity index (χ2n) is 6.47. The molecule has 0 radical (unpaired) electrons. The van der Waals surface area contributed by atoms with Crippen molar-refractivity contribution in [3.05, 3.63) is 29.3 Å². The number of carbonyl (C=O) groups is 1. The number of hydrogen-bond donors (Lipinski definition) is 1. The van der Waals surface area contributed by atoms with Crippen molar-refractivity contribution in [3.63, 3.8) is 0 Å². The van der Waals surface area contributed by atoms with Crippen molar-refractivity contribution >= 4 is 12.0 Å². The molecule has 1 saturated carbocycles. The zero-order chi connectivity index (χ0) is 18.8. The molecular weight excluding hydrogens is 328 g/mol. The van der Waals surface area contributed by atoms with Gasteiger partial charge < -0.3 is 14.8 Å². The molecule has 1 aliphatic rings. The molecule has 5 heteroatoms. The molecular formula is C21H28N2O3. The highest BCUT2D eigenvalue weighted by atomic mass is 16.5. The Morgan fingerprint density at radius 1 is 1.23 bits per heavy atom.